The molecule has 9 heteroatoms. The molecule has 0 unspecified atom stereocenters. The lowest BCUT2D eigenvalue weighted by molar-refractivity contribution is -0.136. The first kappa shape index (κ1) is 21.3. The van der Waals surface area contributed by atoms with Crippen molar-refractivity contribution in [1.82, 2.24) is 14.1 Å². The molecule has 2 atom stereocenters. The van der Waals surface area contributed by atoms with Gasteiger partial charge in [0.2, 0.25) is 10.0 Å². The second-order valence-electron chi connectivity index (χ2n) is 7.70. The lowest BCUT2D eigenvalue weighted by Gasteiger charge is -2.21. The SMILES string of the molecule is CCOc1ccc(S(=O)(=O)N2C[C@H](n3nc(CC(=O)O)c4ccccc43)C[C@@H]2C)cc1. The Morgan fingerprint density at radius 1 is 1.19 bits per heavy atom. The molecule has 164 valence electrons. The van der Waals surface area contributed by atoms with Crippen LogP contribution in [0.3, 0.4) is 0 Å². The lowest BCUT2D eigenvalue weighted by Crippen LogP contribution is -2.34. The maximum atomic E-state index is 13.3. The van der Waals surface area contributed by atoms with E-state index in [2.05, 4.69) is 5.10 Å². The molecule has 0 radical (unpaired) electrons. The largest absolute Gasteiger partial charge is 0.494 e. The van der Waals surface area contributed by atoms with Gasteiger partial charge in [-0.1, -0.05) is 18.2 Å². The van der Waals surface area contributed by atoms with Crippen LogP contribution < -0.4 is 4.74 Å². The number of sulfonamides is 1. The molecule has 31 heavy (non-hydrogen) atoms. The molecule has 1 aromatic heterocycles. The number of carbonyl (C=O) groups is 1. The van der Waals surface area contributed by atoms with E-state index in [1.54, 1.807) is 28.9 Å². The number of benzene rings is 2. The third-order valence-electron chi connectivity index (χ3n) is 5.59. The highest BCUT2D eigenvalue weighted by Crippen LogP contribution is 2.34. The predicted molar refractivity (Wildman–Crippen MR) is 116 cm³/mol. The van der Waals surface area contributed by atoms with Gasteiger partial charge in [0.15, 0.2) is 0 Å². The van der Waals surface area contributed by atoms with Crippen LogP contribution in [0, 0.1) is 0 Å². The number of nitrogens with zero attached hydrogens (tertiary/aromatic N) is 3. The number of carboxylic acid groups (broad SMARTS) is 1. The number of hydrogen-bond donors (Lipinski definition) is 1. The van der Waals surface area contributed by atoms with Gasteiger partial charge in [-0.15, -0.1) is 0 Å². The van der Waals surface area contributed by atoms with Gasteiger partial charge in [-0.25, -0.2) is 8.42 Å². The molecule has 0 saturated carbocycles. The van der Waals surface area contributed by atoms with Crippen LogP contribution in [0.5, 0.6) is 5.75 Å². The van der Waals surface area contributed by atoms with Crippen LogP contribution in [-0.2, 0) is 21.2 Å². The van der Waals surface area contributed by atoms with Gasteiger partial charge in [-0.05, 0) is 50.6 Å². The highest BCUT2D eigenvalue weighted by atomic mass is 32.2. The summed E-state index contributed by atoms with van der Waals surface area (Å²) in [7, 11) is -3.68. The molecular formula is C22H25N3O5S. The van der Waals surface area contributed by atoms with Crippen molar-refractivity contribution < 1.29 is 23.1 Å². The van der Waals surface area contributed by atoms with Gasteiger partial charge in [0.1, 0.15) is 5.75 Å². The molecule has 0 amide bonds. The second kappa shape index (κ2) is 8.32. The van der Waals surface area contributed by atoms with Crippen LogP contribution in [0.15, 0.2) is 53.4 Å². The summed E-state index contributed by atoms with van der Waals surface area (Å²) in [5.41, 5.74) is 1.31. The summed E-state index contributed by atoms with van der Waals surface area (Å²) in [5.74, 6) is -0.322. The molecule has 1 aliphatic rings. The lowest BCUT2D eigenvalue weighted by atomic mass is 10.1. The maximum absolute atomic E-state index is 13.3. The Morgan fingerprint density at radius 3 is 2.58 bits per heavy atom. The fourth-order valence-electron chi connectivity index (χ4n) is 4.20. The van der Waals surface area contributed by atoms with Crippen molar-refractivity contribution in [2.75, 3.05) is 13.2 Å². The highest BCUT2D eigenvalue weighted by molar-refractivity contribution is 7.89. The van der Waals surface area contributed by atoms with Gasteiger partial charge in [-0.2, -0.15) is 9.40 Å². The van der Waals surface area contributed by atoms with Crippen molar-refractivity contribution in [3.05, 3.63) is 54.2 Å². The molecule has 2 aromatic carbocycles. The number of aromatic nitrogens is 2. The predicted octanol–water partition coefficient (Wildman–Crippen LogP) is 3.09. The Morgan fingerprint density at radius 2 is 1.90 bits per heavy atom. The topological polar surface area (TPSA) is 102 Å². The van der Waals surface area contributed by atoms with Crippen LogP contribution in [0.4, 0.5) is 0 Å². The quantitative estimate of drug-likeness (QED) is 0.602. The van der Waals surface area contributed by atoms with Crippen LogP contribution in [0.2, 0.25) is 0 Å². The fraction of sp³-hybridized carbons (Fsp3) is 0.364. The van der Waals surface area contributed by atoms with E-state index < -0.39 is 16.0 Å². The molecule has 3 aromatic rings. The van der Waals surface area contributed by atoms with Crippen LogP contribution in [0.25, 0.3) is 10.9 Å². The first-order valence-corrected chi connectivity index (χ1v) is 11.7. The Kier molecular flexibility index (Phi) is 5.72. The Hall–Kier alpha value is -2.91. The zero-order valence-corrected chi connectivity index (χ0v) is 18.2. The van der Waals surface area contributed by atoms with Crippen molar-refractivity contribution in [2.24, 2.45) is 0 Å². The number of para-hydroxylation sites is 1. The molecular weight excluding hydrogens is 418 g/mol. The monoisotopic (exact) mass is 443 g/mol. The summed E-state index contributed by atoms with van der Waals surface area (Å²) in [6.07, 6.45) is 0.415. The molecule has 8 nitrogen and oxygen atoms in total. The summed E-state index contributed by atoms with van der Waals surface area (Å²) in [5, 5.41) is 14.6. The van der Waals surface area contributed by atoms with Gasteiger partial charge < -0.3 is 9.84 Å². The van der Waals surface area contributed by atoms with E-state index in [1.807, 2.05) is 38.1 Å². The van der Waals surface area contributed by atoms with Crippen molar-refractivity contribution in [3.63, 3.8) is 0 Å². The van der Waals surface area contributed by atoms with E-state index >= 15 is 0 Å². The number of hydrogen-bond acceptors (Lipinski definition) is 5. The fourth-order valence-corrected chi connectivity index (χ4v) is 5.88. The average molecular weight is 444 g/mol. The van der Waals surface area contributed by atoms with Gasteiger partial charge >= 0.3 is 5.97 Å². The average Bonchev–Trinajstić information content (AvgIpc) is 3.30. The number of fused-ring (bicyclic) bond motifs is 1. The zero-order valence-electron chi connectivity index (χ0n) is 17.4. The number of ether oxygens (including phenoxy) is 1. The van der Waals surface area contributed by atoms with E-state index in [0.717, 1.165) is 10.9 Å². The smallest absolute Gasteiger partial charge is 0.309 e. The summed E-state index contributed by atoms with van der Waals surface area (Å²) in [6.45, 7) is 4.54. The van der Waals surface area contributed by atoms with E-state index in [0.29, 0.717) is 24.5 Å². The van der Waals surface area contributed by atoms with Crippen molar-refractivity contribution in [1.29, 1.82) is 0 Å². The van der Waals surface area contributed by atoms with Crippen LogP contribution >= 0.6 is 0 Å². The molecule has 1 fully saturated rings. The van der Waals surface area contributed by atoms with Gasteiger partial charge in [0, 0.05) is 18.0 Å². The molecule has 1 aliphatic heterocycles. The standard InChI is InChI=1S/C22H25N3O5S/c1-3-30-17-8-10-18(11-9-17)31(28,29)24-14-16(12-15(24)2)25-21-7-5-4-6-19(21)20(23-25)13-22(26)27/h4-11,15-16H,3,12-14H2,1-2H3,(H,26,27)/t15-,16+/m0/s1. The summed E-state index contributed by atoms with van der Waals surface area (Å²) in [4.78, 5) is 11.5. The highest BCUT2D eigenvalue weighted by Gasteiger charge is 2.39. The number of aliphatic carboxylic acids is 1. The second-order valence-corrected chi connectivity index (χ2v) is 9.59. The van der Waals surface area contributed by atoms with Crippen LogP contribution in [0.1, 0.15) is 32.0 Å². The Balaban J connectivity index is 1.64. The first-order chi connectivity index (χ1) is 14.8. The summed E-state index contributed by atoms with van der Waals surface area (Å²) < 4.78 is 35.3. The third-order valence-corrected chi connectivity index (χ3v) is 7.59. The van der Waals surface area contributed by atoms with Crippen molar-refractivity contribution >= 4 is 26.9 Å². The van der Waals surface area contributed by atoms with Crippen LogP contribution in [-0.4, -0.2) is 52.8 Å². The summed E-state index contributed by atoms with van der Waals surface area (Å²) >= 11 is 0. The zero-order chi connectivity index (χ0) is 22.2. The molecule has 4 rings (SSSR count). The number of carboxylic acids is 1. The Labute approximate surface area is 181 Å². The molecule has 2 heterocycles. The Bertz CT molecular complexity index is 1200. The minimum Gasteiger partial charge on any atom is -0.494 e. The molecule has 1 saturated heterocycles. The number of rotatable bonds is 7. The van der Waals surface area contributed by atoms with Gasteiger partial charge in [0.05, 0.1) is 35.2 Å². The van der Waals surface area contributed by atoms with E-state index in [4.69, 9.17) is 4.74 Å². The first-order valence-electron chi connectivity index (χ1n) is 10.2. The van der Waals surface area contributed by atoms with Crippen molar-refractivity contribution in [2.45, 2.75) is 43.7 Å². The molecule has 1 N–H and O–H groups in total. The minimum atomic E-state index is -3.68. The summed E-state index contributed by atoms with van der Waals surface area (Å²) in [6, 6.07) is 13.5. The molecule has 0 spiro atoms. The van der Waals surface area contributed by atoms with E-state index in [1.165, 1.54) is 4.31 Å². The van der Waals surface area contributed by atoms with Crippen molar-refractivity contribution in [3.8, 4) is 5.75 Å². The maximum Gasteiger partial charge on any atom is 0.309 e. The molecule has 0 aliphatic carbocycles. The third kappa shape index (κ3) is 4.03. The van der Waals surface area contributed by atoms with Gasteiger partial charge in [-0.3, -0.25) is 9.48 Å². The van der Waals surface area contributed by atoms with E-state index in [-0.39, 0.29) is 29.9 Å². The van der Waals surface area contributed by atoms with Gasteiger partial charge in [0.25, 0.3) is 0 Å². The minimum absolute atomic E-state index is 0.177. The van der Waals surface area contributed by atoms with E-state index in [9.17, 15) is 18.3 Å². The molecule has 0 bridgehead atoms. The normalized spacial score (nSPS) is 19.7.